The average Bonchev–Trinajstić information content (AvgIpc) is 3.38. The Labute approximate surface area is 259 Å². The second-order valence-corrected chi connectivity index (χ2v) is 11.6. The van der Waals surface area contributed by atoms with Crippen LogP contribution in [0.1, 0.15) is 62.3 Å². The number of fused-ring (bicyclic) bond motifs is 3. The molecular weight excluding hydrogens is 608 g/mol. The van der Waals surface area contributed by atoms with Crippen molar-refractivity contribution in [1.29, 1.82) is 0 Å². The monoisotopic (exact) mass is 650 g/mol. The van der Waals surface area contributed by atoms with E-state index in [1.54, 1.807) is 0 Å². The third kappa shape index (κ3) is 9.78. The first-order valence-electron chi connectivity index (χ1n) is 14.3. The van der Waals surface area contributed by atoms with Crippen LogP contribution in [0.25, 0.3) is 0 Å². The Kier molecular flexibility index (Phi) is 11.9. The first kappa shape index (κ1) is 36.5. The summed E-state index contributed by atoms with van der Waals surface area (Å²) >= 11 is 0. The topological polar surface area (TPSA) is 207 Å². The second kappa shape index (κ2) is 14.7. The van der Waals surface area contributed by atoms with Gasteiger partial charge in [-0.1, -0.05) is 0 Å². The summed E-state index contributed by atoms with van der Waals surface area (Å²) in [7, 11) is 0. The highest BCUT2D eigenvalue weighted by Crippen LogP contribution is 2.44. The van der Waals surface area contributed by atoms with Gasteiger partial charge in [-0.05, 0) is 27.7 Å². The van der Waals surface area contributed by atoms with Crippen LogP contribution in [0.15, 0.2) is 0 Å². The number of aliphatic hydroxyl groups excluding tert-OH is 1. The summed E-state index contributed by atoms with van der Waals surface area (Å²) in [5.41, 5.74) is 0. The third-order valence-corrected chi connectivity index (χ3v) is 6.66. The molecule has 17 nitrogen and oxygen atoms in total. The Bertz CT molecular complexity index is 1100. The zero-order valence-electron chi connectivity index (χ0n) is 26.7. The van der Waals surface area contributed by atoms with Gasteiger partial charge in [0.2, 0.25) is 12.4 Å². The maximum absolute atomic E-state index is 11.5. The number of carbonyl (C=O) groups excluding carboxylic acids is 5. The van der Waals surface area contributed by atoms with E-state index >= 15 is 0 Å². The molecule has 0 aromatic rings. The highest BCUT2D eigenvalue weighted by molar-refractivity contribution is 5.69. The summed E-state index contributed by atoms with van der Waals surface area (Å²) in [5.74, 6) is -5.12. The van der Waals surface area contributed by atoms with E-state index in [1.165, 1.54) is 0 Å². The first-order valence-corrected chi connectivity index (χ1v) is 14.3. The average molecular weight is 651 g/mol. The van der Waals surface area contributed by atoms with Crippen LogP contribution in [0.5, 0.6) is 0 Å². The molecule has 256 valence electrons. The van der Waals surface area contributed by atoms with E-state index in [4.69, 9.17) is 52.1 Å². The van der Waals surface area contributed by atoms with E-state index in [2.05, 4.69) is 0 Å². The fraction of sp³-hybridized carbons (Fsp3) is 0.821. The summed E-state index contributed by atoms with van der Waals surface area (Å²) in [5, 5.41) is 9.40. The quantitative estimate of drug-likeness (QED) is 0.284. The Balaban J connectivity index is 0.000000263. The number of carbonyl (C=O) groups is 5. The Hall–Kier alpha value is -2.93. The van der Waals surface area contributed by atoms with Crippen molar-refractivity contribution in [2.75, 3.05) is 13.2 Å². The van der Waals surface area contributed by atoms with Crippen molar-refractivity contribution in [2.45, 2.75) is 135 Å². The summed E-state index contributed by atoms with van der Waals surface area (Å²) in [6, 6.07) is 0. The molecule has 4 fully saturated rings. The number of ether oxygens (including phenoxy) is 11. The SMILES string of the molecule is CC(=O)OC[C@@H]1OC(OC(C)=O)[C@@H](OC(C)=O)[C@H](OC(C)=O)[C@@H]1OC(C)=O.CC1(C)OC2O[C@@H](CO)[C@H]3OC(C)(C)OC3[C@@H]2O1. The van der Waals surface area contributed by atoms with Crippen LogP contribution in [-0.2, 0) is 76.1 Å². The zero-order chi connectivity index (χ0) is 33.9. The van der Waals surface area contributed by atoms with Gasteiger partial charge in [-0.15, -0.1) is 0 Å². The Morgan fingerprint density at radius 3 is 1.60 bits per heavy atom. The lowest BCUT2D eigenvalue weighted by molar-refractivity contribution is -0.300. The van der Waals surface area contributed by atoms with Gasteiger partial charge in [-0.25, -0.2) is 0 Å². The predicted molar refractivity (Wildman–Crippen MR) is 143 cm³/mol. The van der Waals surface area contributed by atoms with Crippen LogP contribution in [0.3, 0.4) is 0 Å². The van der Waals surface area contributed by atoms with Crippen LogP contribution in [0.4, 0.5) is 0 Å². The molecule has 0 bridgehead atoms. The molecule has 0 spiro atoms. The molecule has 4 heterocycles. The molecule has 17 heteroatoms. The van der Waals surface area contributed by atoms with Crippen molar-refractivity contribution in [3.05, 3.63) is 0 Å². The number of esters is 5. The summed E-state index contributed by atoms with van der Waals surface area (Å²) in [4.78, 5) is 57.0. The van der Waals surface area contributed by atoms with Gasteiger partial charge in [-0.3, -0.25) is 24.0 Å². The van der Waals surface area contributed by atoms with Crippen molar-refractivity contribution in [3.63, 3.8) is 0 Å². The van der Waals surface area contributed by atoms with Crippen LogP contribution >= 0.6 is 0 Å². The van der Waals surface area contributed by atoms with E-state index in [0.29, 0.717) is 0 Å². The van der Waals surface area contributed by atoms with Gasteiger partial charge in [0, 0.05) is 34.6 Å². The lowest BCUT2D eigenvalue weighted by Crippen LogP contribution is -2.63. The molecule has 0 saturated carbocycles. The molecule has 4 aliphatic rings. The smallest absolute Gasteiger partial charge is 0.305 e. The summed E-state index contributed by atoms with van der Waals surface area (Å²) in [6.45, 7) is 12.3. The fourth-order valence-corrected chi connectivity index (χ4v) is 5.29. The van der Waals surface area contributed by atoms with E-state index in [1.807, 2.05) is 27.7 Å². The second-order valence-electron chi connectivity index (χ2n) is 11.6. The van der Waals surface area contributed by atoms with Crippen molar-refractivity contribution >= 4 is 29.8 Å². The highest BCUT2D eigenvalue weighted by Gasteiger charge is 2.60. The number of aliphatic hydroxyl groups is 1. The fourth-order valence-electron chi connectivity index (χ4n) is 5.29. The zero-order valence-corrected chi connectivity index (χ0v) is 26.7. The van der Waals surface area contributed by atoms with Gasteiger partial charge < -0.3 is 57.2 Å². The molecule has 4 aliphatic heterocycles. The largest absolute Gasteiger partial charge is 0.463 e. The molecule has 0 aliphatic carbocycles. The lowest BCUT2D eigenvalue weighted by atomic mass is 9.98. The highest BCUT2D eigenvalue weighted by atomic mass is 16.9. The molecule has 0 radical (unpaired) electrons. The molecular formula is C28H42O17. The first-order chi connectivity index (χ1) is 20.8. The lowest BCUT2D eigenvalue weighted by Gasteiger charge is -2.43. The van der Waals surface area contributed by atoms with Crippen LogP contribution < -0.4 is 0 Å². The van der Waals surface area contributed by atoms with Gasteiger partial charge in [0.15, 0.2) is 30.1 Å². The molecule has 3 unspecified atom stereocenters. The minimum Gasteiger partial charge on any atom is -0.463 e. The van der Waals surface area contributed by atoms with Crippen LogP contribution in [0, 0.1) is 0 Å². The van der Waals surface area contributed by atoms with E-state index in [0.717, 1.165) is 34.6 Å². The molecule has 4 rings (SSSR count). The van der Waals surface area contributed by atoms with Crippen LogP contribution in [0.2, 0.25) is 0 Å². The van der Waals surface area contributed by atoms with Gasteiger partial charge in [0.1, 0.15) is 37.1 Å². The van der Waals surface area contributed by atoms with Crippen LogP contribution in [-0.4, -0.2) is 121 Å². The normalized spacial score (nSPS) is 35.8. The predicted octanol–water partition coefficient (Wildman–Crippen LogP) is 0.00780. The number of hydrogen-bond donors (Lipinski definition) is 1. The maximum atomic E-state index is 11.5. The van der Waals surface area contributed by atoms with Gasteiger partial charge >= 0.3 is 29.8 Å². The maximum Gasteiger partial charge on any atom is 0.305 e. The van der Waals surface area contributed by atoms with E-state index < -0.39 is 91.1 Å². The van der Waals surface area contributed by atoms with Crippen molar-refractivity contribution < 1.29 is 81.2 Å². The number of rotatable bonds is 7. The summed E-state index contributed by atoms with van der Waals surface area (Å²) in [6.07, 6.45) is -8.60. The summed E-state index contributed by atoms with van der Waals surface area (Å²) < 4.78 is 59.6. The third-order valence-electron chi connectivity index (χ3n) is 6.66. The Morgan fingerprint density at radius 2 is 1.07 bits per heavy atom. The van der Waals surface area contributed by atoms with Gasteiger partial charge in [-0.2, -0.15) is 0 Å². The van der Waals surface area contributed by atoms with E-state index in [-0.39, 0.29) is 24.9 Å². The molecule has 10 atom stereocenters. The molecule has 45 heavy (non-hydrogen) atoms. The van der Waals surface area contributed by atoms with Crippen molar-refractivity contribution in [1.82, 2.24) is 0 Å². The minimum atomic E-state index is -1.48. The van der Waals surface area contributed by atoms with Crippen molar-refractivity contribution in [3.8, 4) is 0 Å². The standard InChI is InChI=1S/C16H22O11.C12H20O6/c1-7(17)22-6-12-13(23-8(2)18)14(24-9(3)19)15(25-10(4)20)16(27-12)26-11(5)21;1-11(2)15-7-6(5-13)14-10-9(8(7)16-11)17-12(3,4)18-10/h12-16H,6H2,1-5H3;6-10,13H,5H2,1-4H3/t12-,13+,14+,15-,16?;6-,7+,8?,9-,10?/m00/s1. The van der Waals surface area contributed by atoms with E-state index in [9.17, 15) is 29.1 Å². The minimum absolute atomic E-state index is 0.131. The number of hydrogen-bond acceptors (Lipinski definition) is 17. The molecule has 0 aromatic heterocycles. The molecule has 0 amide bonds. The molecule has 4 saturated heterocycles. The molecule has 1 N–H and O–H groups in total. The van der Waals surface area contributed by atoms with Crippen molar-refractivity contribution in [2.24, 2.45) is 0 Å². The van der Waals surface area contributed by atoms with Gasteiger partial charge in [0.25, 0.3) is 0 Å². The van der Waals surface area contributed by atoms with Gasteiger partial charge in [0.05, 0.1) is 6.61 Å². The Morgan fingerprint density at radius 1 is 0.578 bits per heavy atom. The molecule has 0 aromatic carbocycles.